The van der Waals surface area contributed by atoms with Crippen molar-refractivity contribution < 1.29 is 17.7 Å². The van der Waals surface area contributed by atoms with Crippen LogP contribution in [0.4, 0.5) is 13.2 Å². The van der Waals surface area contributed by atoms with E-state index in [0.29, 0.717) is 6.54 Å². The zero-order chi connectivity index (χ0) is 18.1. The highest BCUT2D eigenvalue weighted by Gasteiger charge is 2.32. The second kappa shape index (κ2) is 10.1. The predicted molar refractivity (Wildman–Crippen MR) is 94.7 cm³/mol. The molecule has 0 bridgehead atoms. The molecular weight excluding hydrogens is 311 g/mol. The average molecular weight is 344 g/mol. The molecule has 0 saturated heterocycles. The van der Waals surface area contributed by atoms with Gasteiger partial charge >= 0.3 is 6.18 Å². The molecule has 4 heteroatoms. The zero-order valence-electron chi connectivity index (χ0n) is 15.5. The highest BCUT2D eigenvalue weighted by atomic mass is 19.4. The lowest BCUT2D eigenvalue weighted by Crippen LogP contribution is -2.49. The average Bonchev–Trinajstić information content (AvgIpc) is 2.55. The van der Waals surface area contributed by atoms with Crippen LogP contribution in [0.1, 0.15) is 70.4 Å². The molecule has 0 amide bonds. The van der Waals surface area contributed by atoms with Gasteiger partial charge in [-0.3, -0.25) is 0 Å². The van der Waals surface area contributed by atoms with Gasteiger partial charge in [0.2, 0.25) is 0 Å². The maximum absolute atomic E-state index is 13.0. The monoisotopic (exact) mass is 344 g/mol. The first-order chi connectivity index (χ1) is 11.4. The fraction of sp³-hybridized carbons (Fsp3) is 0.700. The summed E-state index contributed by atoms with van der Waals surface area (Å²) in [6, 6.07) is 5.91. The first-order valence-electron chi connectivity index (χ1n) is 9.38. The molecule has 0 spiro atoms. The van der Waals surface area contributed by atoms with Crippen molar-refractivity contribution in [2.45, 2.75) is 72.0 Å². The minimum absolute atomic E-state index is 0.528. The van der Waals surface area contributed by atoms with Gasteiger partial charge in [0.1, 0.15) is 6.54 Å². The molecule has 0 aliphatic heterocycles. The number of hydrogen-bond donors (Lipinski definition) is 0. The lowest BCUT2D eigenvalue weighted by atomic mass is 10.1. The van der Waals surface area contributed by atoms with Gasteiger partial charge in [-0.1, -0.05) is 52.2 Å². The number of hydrogen-bond acceptors (Lipinski definition) is 0. The molecule has 0 aliphatic rings. The molecule has 138 valence electrons. The third-order valence-electron chi connectivity index (χ3n) is 4.73. The molecule has 0 saturated carbocycles. The molecule has 0 radical (unpaired) electrons. The summed E-state index contributed by atoms with van der Waals surface area (Å²) < 4.78 is 39.9. The molecule has 0 aliphatic carbocycles. The van der Waals surface area contributed by atoms with Gasteiger partial charge in [-0.05, 0) is 31.4 Å². The van der Waals surface area contributed by atoms with Gasteiger partial charge in [-0.25, -0.2) is 0 Å². The summed E-state index contributed by atoms with van der Waals surface area (Å²) in [5.74, 6) is 0. The molecule has 0 unspecified atom stereocenters. The van der Waals surface area contributed by atoms with E-state index in [9.17, 15) is 13.2 Å². The molecule has 1 rings (SSSR count). The predicted octanol–water partition coefficient (Wildman–Crippen LogP) is 6.42. The van der Waals surface area contributed by atoms with Crippen molar-refractivity contribution >= 4 is 0 Å². The lowest BCUT2D eigenvalue weighted by Gasteiger charge is -2.39. The van der Waals surface area contributed by atoms with Crippen LogP contribution in [0, 0.1) is 0 Å². The Balaban J connectivity index is 3.03. The van der Waals surface area contributed by atoms with Crippen LogP contribution in [0.3, 0.4) is 0 Å². The molecule has 24 heavy (non-hydrogen) atoms. The van der Waals surface area contributed by atoms with Crippen LogP contribution in [-0.4, -0.2) is 24.1 Å². The largest absolute Gasteiger partial charge is 0.416 e. The standard InChI is InChI=1S/C20H33F3N/c1-4-7-13-24(14-8-5-2,15-9-6-3)17-18-11-10-12-19(16-18)20(21,22)23/h10-12,16H,4-9,13-15,17H2,1-3H3/q+1. The Morgan fingerprint density at radius 1 is 0.833 bits per heavy atom. The minimum Gasteiger partial charge on any atom is -0.320 e. The van der Waals surface area contributed by atoms with E-state index in [-0.39, 0.29) is 0 Å². The molecule has 0 aromatic heterocycles. The fourth-order valence-electron chi connectivity index (χ4n) is 3.29. The maximum atomic E-state index is 13.0. The molecule has 0 N–H and O–H groups in total. The second-order valence-corrected chi connectivity index (χ2v) is 6.93. The molecule has 1 aromatic carbocycles. The van der Waals surface area contributed by atoms with Gasteiger partial charge in [0, 0.05) is 5.56 Å². The lowest BCUT2D eigenvalue weighted by molar-refractivity contribution is -0.941. The van der Waals surface area contributed by atoms with E-state index in [2.05, 4.69) is 20.8 Å². The molecular formula is C20H33F3N+. The first-order valence-corrected chi connectivity index (χ1v) is 9.38. The van der Waals surface area contributed by atoms with Crippen molar-refractivity contribution in [2.75, 3.05) is 19.6 Å². The van der Waals surface area contributed by atoms with Crippen molar-refractivity contribution in [3.63, 3.8) is 0 Å². The Morgan fingerprint density at radius 3 is 1.75 bits per heavy atom. The number of benzene rings is 1. The Hall–Kier alpha value is -1.03. The highest BCUT2D eigenvalue weighted by molar-refractivity contribution is 5.25. The molecule has 0 heterocycles. The van der Waals surface area contributed by atoms with Gasteiger partial charge in [0.05, 0.1) is 25.2 Å². The number of halogens is 3. The van der Waals surface area contributed by atoms with Crippen LogP contribution in [0.5, 0.6) is 0 Å². The normalized spacial score (nSPS) is 12.6. The highest BCUT2D eigenvalue weighted by Crippen LogP contribution is 2.30. The number of nitrogens with zero attached hydrogens (tertiary/aromatic N) is 1. The summed E-state index contributed by atoms with van der Waals surface area (Å²) in [4.78, 5) is 0. The number of quaternary nitrogens is 1. The van der Waals surface area contributed by atoms with Crippen LogP contribution in [0.25, 0.3) is 0 Å². The molecule has 0 fully saturated rings. The van der Waals surface area contributed by atoms with Crippen LogP contribution < -0.4 is 0 Å². The minimum atomic E-state index is -4.26. The topological polar surface area (TPSA) is 0 Å². The van der Waals surface area contributed by atoms with Gasteiger partial charge < -0.3 is 4.48 Å². The smallest absolute Gasteiger partial charge is 0.320 e. The Labute approximate surface area is 145 Å². The van der Waals surface area contributed by atoms with Crippen molar-refractivity contribution in [3.05, 3.63) is 35.4 Å². The van der Waals surface area contributed by atoms with Gasteiger partial charge in [-0.2, -0.15) is 13.2 Å². The van der Waals surface area contributed by atoms with Crippen molar-refractivity contribution in [1.29, 1.82) is 0 Å². The SMILES string of the molecule is CCCC[N+](CCCC)(CCCC)Cc1cccc(C(F)(F)F)c1. The third-order valence-corrected chi connectivity index (χ3v) is 4.73. The van der Waals surface area contributed by atoms with E-state index in [0.717, 1.165) is 68.2 Å². The fourth-order valence-corrected chi connectivity index (χ4v) is 3.29. The van der Waals surface area contributed by atoms with Gasteiger partial charge in [0.25, 0.3) is 0 Å². The Kier molecular flexibility index (Phi) is 8.82. The summed E-state index contributed by atoms with van der Waals surface area (Å²) in [6.07, 6.45) is 2.51. The van der Waals surface area contributed by atoms with Gasteiger partial charge in [0.15, 0.2) is 0 Å². The van der Waals surface area contributed by atoms with Gasteiger partial charge in [-0.15, -0.1) is 0 Å². The second-order valence-electron chi connectivity index (χ2n) is 6.93. The zero-order valence-corrected chi connectivity index (χ0v) is 15.5. The third kappa shape index (κ3) is 6.84. The van der Waals surface area contributed by atoms with Crippen molar-refractivity contribution in [1.82, 2.24) is 0 Å². The van der Waals surface area contributed by atoms with Crippen LogP contribution in [0.2, 0.25) is 0 Å². The summed E-state index contributed by atoms with van der Waals surface area (Å²) >= 11 is 0. The summed E-state index contributed by atoms with van der Waals surface area (Å²) in [5, 5.41) is 0. The van der Waals surface area contributed by atoms with Crippen molar-refractivity contribution in [3.8, 4) is 0 Å². The molecule has 0 atom stereocenters. The van der Waals surface area contributed by atoms with Crippen LogP contribution in [-0.2, 0) is 12.7 Å². The Bertz CT molecular complexity index is 446. The summed E-state index contributed by atoms with van der Waals surface area (Å²) in [5.41, 5.74) is 0.285. The quantitative estimate of drug-likeness (QED) is 0.406. The number of rotatable bonds is 11. The van der Waals surface area contributed by atoms with E-state index in [1.807, 2.05) is 6.07 Å². The van der Waals surface area contributed by atoms with Crippen LogP contribution in [0.15, 0.2) is 24.3 Å². The van der Waals surface area contributed by atoms with E-state index in [1.165, 1.54) is 12.1 Å². The van der Waals surface area contributed by atoms with E-state index >= 15 is 0 Å². The maximum Gasteiger partial charge on any atom is 0.416 e. The summed E-state index contributed by atoms with van der Waals surface area (Å²) in [6.45, 7) is 10.4. The first kappa shape index (κ1) is 21.0. The van der Waals surface area contributed by atoms with E-state index in [4.69, 9.17) is 0 Å². The van der Waals surface area contributed by atoms with Crippen LogP contribution >= 0.6 is 0 Å². The van der Waals surface area contributed by atoms with Crippen molar-refractivity contribution in [2.24, 2.45) is 0 Å². The number of alkyl halides is 3. The Morgan fingerprint density at radius 2 is 1.33 bits per heavy atom. The van der Waals surface area contributed by atoms with E-state index in [1.54, 1.807) is 6.07 Å². The molecule has 1 aromatic rings. The van der Waals surface area contributed by atoms with E-state index < -0.39 is 11.7 Å². The number of unbranched alkanes of at least 4 members (excludes halogenated alkanes) is 3. The molecule has 1 nitrogen and oxygen atoms in total. The summed E-state index contributed by atoms with van der Waals surface area (Å²) in [7, 11) is 0.